The zero-order valence-electron chi connectivity index (χ0n) is 16.1. The number of hydrogen-bond acceptors (Lipinski definition) is 5. The van der Waals surface area contributed by atoms with Crippen LogP contribution in [0, 0.1) is 0 Å². The Morgan fingerprint density at radius 1 is 1.14 bits per heavy atom. The molecule has 0 saturated carbocycles. The maximum absolute atomic E-state index is 12.5. The van der Waals surface area contributed by atoms with Crippen LogP contribution in [0.15, 0.2) is 47.4 Å². The zero-order valence-corrected chi connectivity index (χ0v) is 16.9. The number of rotatable bonds is 8. The van der Waals surface area contributed by atoms with Crippen molar-refractivity contribution in [2.24, 2.45) is 0 Å². The highest BCUT2D eigenvalue weighted by molar-refractivity contribution is 7.89. The van der Waals surface area contributed by atoms with Crippen molar-refractivity contribution in [3.05, 3.63) is 42.5 Å². The predicted molar refractivity (Wildman–Crippen MR) is 109 cm³/mol. The molecule has 0 radical (unpaired) electrons. The molecule has 1 amide bonds. The molecule has 1 heterocycles. The Labute approximate surface area is 166 Å². The maximum Gasteiger partial charge on any atom is 0.240 e. The second-order valence-electron chi connectivity index (χ2n) is 7.04. The van der Waals surface area contributed by atoms with Gasteiger partial charge in [-0.3, -0.25) is 9.69 Å². The van der Waals surface area contributed by atoms with Crippen molar-refractivity contribution in [3.63, 3.8) is 0 Å². The summed E-state index contributed by atoms with van der Waals surface area (Å²) in [5.41, 5.74) is 0. The van der Waals surface area contributed by atoms with E-state index < -0.39 is 10.0 Å². The van der Waals surface area contributed by atoms with Crippen molar-refractivity contribution in [3.8, 4) is 0 Å². The van der Waals surface area contributed by atoms with Crippen LogP contribution in [0.1, 0.15) is 13.3 Å². The van der Waals surface area contributed by atoms with Crippen molar-refractivity contribution >= 4 is 26.7 Å². The van der Waals surface area contributed by atoms with E-state index in [2.05, 4.69) is 14.9 Å². The SMILES string of the molecule is CC(CN1CCOCC1)NC(=O)CCNS(=O)(=O)c1ccc2ccccc2c1. The lowest BCUT2D eigenvalue weighted by atomic mass is 10.1. The first kappa shape index (κ1) is 20.7. The number of carbonyl (C=O) groups excluding carboxylic acids is 1. The highest BCUT2D eigenvalue weighted by Crippen LogP contribution is 2.18. The van der Waals surface area contributed by atoms with Gasteiger partial charge in [-0.05, 0) is 29.8 Å². The highest BCUT2D eigenvalue weighted by atomic mass is 32.2. The van der Waals surface area contributed by atoms with Crippen LogP contribution in [0.3, 0.4) is 0 Å². The Morgan fingerprint density at radius 3 is 2.61 bits per heavy atom. The van der Waals surface area contributed by atoms with E-state index in [1.165, 1.54) is 0 Å². The van der Waals surface area contributed by atoms with Crippen LogP contribution in [-0.4, -0.2) is 64.7 Å². The van der Waals surface area contributed by atoms with Gasteiger partial charge in [0, 0.05) is 38.6 Å². The third-order valence-corrected chi connectivity index (χ3v) is 6.18. The molecule has 1 fully saturated rings. The molecule has 0 spiro atoms. The Morgan fingerprint density at radius 2 is 1.86 bits per heavy atom. The number of sulfonamides is 1. The molecule has 8 heteroatoms. The van der Waals surface area contributed by atoms with Gasteiger partial charge in [0.25, 0.3) is 0 Å². The third kappa shape index (κ3) is 5.75. The number of benzene rings is 2. The highest BCUT2D eigenvalue weighted by Gasteiger charge is 2.17. The minimum absolute atomic E-state index is 0.00250. The molecule has 1 saturated heterocycles. The molecule has 1 aliphatic rings. The Bertz CT molecular complexity index is 911. The fraction of sp³-hybridized carbons (Fsp3) is 0.450. The van der Waals surface area contributed by atoms with Crippen LogP contribution in [0.25, 0.3) is 10.8 Å². The van der Waals surface area contributed by atoms with Crippen LogP contribution in [0.5, 0.6) is 0 Å². The van der Waals surface area contributed by atoms with E-state index in [0.717, 1.165) is 43.6 Å². The van der Waals surface area contributed by atoms with Crippen LogP contribution < -0.4 is 10.0 Å². The molecule has 0 aromatic heterocycles. The molecule has 3 rings (SSSR count). The van der Waals surface area contributed by atoms with Gasteiger partial charge in [-0.25, -0.2) is 13.1 Å². The predicted octanol–water partition coefficient (Wildman–Crippen LogP) is 1.35. The fourth-order valence-corrected chi connectivity index (χ4v) is 4.35. The number of fused-ring (bicyclic) bond motifs is 1. The van der Waals surface area contributed by atoms with Crippen molar-refractivity contribution in [1.29, 1.82) is 0 Å². The summed E-state index contributed by atoms with van der Waals surface area (Å²) in [4.78, 5) is 14.6. The van der Waals surface area contributed by atoms with Crippen LogP contribution in [-0.2, 0) is 19.6 Å². The lowest BCUT2D eigenvalue weighted by molar-refractivity contribution is -0.121. The first-order valence-electron chi connectivity index (χ1n) is 9.52. The average Bonchev–Trinajstić information content (AvgIpc) is 2.68. The normalized spacial score (nSPS) is 16.8. The minimum atomic E-state index is -3.65. The molecule has 0 bridgehead atoms. The number of carbonyl (C=O) groups is 1. The topological polar surface area (TPSA) is 87.7 Å². The van der Waals surface area contributed by atoms with Gasteiger partial charge in [-0.1, -0.05) is 30.3 Å². The second-order valence-corrected chi connectivity index (χ2v) is 8.81. The molecule has 28 heavy (non-hydrogen) atoms. The Kier molecular flexibility index (Phi) is 7.01. The van der Waals surface area contributed by atoms with E-state index in [4.69, 9.17) is 4.74 Å². The van der Waals surface area contributed by atoms with Gasteiger partial charge in [0.05, 0.1) is 18.1 Å². The van der Waals surface area contributed by atoms with Gasteiger partial charge >= 0.3 is 0 Å². The molecular formula is C20H27N3O4S. The number of morpholine rings is 1. The maximum atomic E-state index is 12.5. The van der Waals surface area contributed by atoms with Gasteiger partial charge in [0.1, 0.15) is 0 Å². The average molecular weight is 406 g/mol. The molecule has 1 atom stereocenters. The molecule has 152 valence electrons. The molecule has 2 N–H and O–H groups in total. The summed E-state index contributed by atoms with van der Waals surface area (Å²) in [6, 6.07) is 12.6. The van der Waals surface area contributed by atoms with Crippen molar-refractivity contribution in [1.82, 2.24) is 14.9 Å². The first-order chi connectivity index (χ1) is 13.4. The summed E-state index contributed by atoms with van der Waals surface area (Å²) in [6.45, 7) is 5.95. The number of nitrogens with one attached hydrogen (secondary N) is 2. The van der Waals surface area contributed by atoms with Crippen LogP contribution in [0.2, 0.25) is 0 Å². The van der Waals surface area contributed by atoms with E-state index in [9.17, 15) is 13.2 Å². The molecule has 1 aliphatic heterocycles. The monoisotopic (exact) mass is 405 g/mol. The molecule has 2 aromatic carbocycles. The summed E-state index contributed by atoms with van der Waals surface area (Å²) in [5, 5.41) is 4.76. The summed E-state index contributed by atoms with van der Waals surface area (Å²) in [7, 11) is -3.65. The van der Waals surface area contributed by atoms with Crippen molar-refractivity contribution < 1.29 is 17.9 Å². The number of amides is 1. The van der Waals surface area contributed by atoms with Gasteiger partial charge in [-0.2, -0.15) is 0 Å². The summed E-state index contributed by atoms with van der Waals surface area (Å²) in [6.07, 6.45) is 0.0975. The fourth-order valence-electron chi connectivity index (χ4n) is 3.28. The quantitative estimate of drug-likeness (QED) is 0.692. The summed E-state index contributed by atoms with van der Waals surface area (Å²) < 4.78 is 32.8. The van der Waals surface area contributed by atoms with Gasteiger partial charge in [0.2, 0.25) is 15.9 Å². The smallest absolute Gasteiger partial charge is 0.240 e. The van der Waals surface area contributed by atoms with Gasteiger partial charge < -0.3 is 10.1 Å². The van der Waals surface area contributed by atoms with Crippen LogP contribution >= 0.6 is 0 Å². The van der Waals surface area contributed by atoms with E-state index in [0.29, 0.717) is 0 Å². The Hall–Kier alpha value is -2.00. The molecule has 2 aromatic rings. The minimum Gasteiger partial charge on any atom is -0.379 e. The van der Waals surface area contributed by atoms with Crippen molar-refractivity contribution in [2.75, 3.05) is 39.4 Å². The van der Waals surface area contributed by atoms with E-state index in [1.54, 1.807) is 18.2 Å². The van der Waals surface area contributed by atoms with E-state index in [1.807, 2.05) is 31.2 Å². The summed E-state index contributed by atoms with van der Waals surface area (Å²) >= 11 is 0. The third-order valence-electron chi connectivity index (χ3n) is 4.72. The van der Waals surface area contributed by atoms with E-state index >= 15 is 0 Å². The van der Waals surface area contributed by atoms with Gasteiger partial charge in [0.15, 0.2) is 0 Å². The van der Waals surface area contributed by atoms with Gasteiger partial charge in [-0.15, -0.1) is 0 Å². The number of nitrogens with zero attached hydrogens (tertiary/aromatic N) is 1. The van der Waals surface area contributed by atoms with Crippen molar-refractivity contribution in [2.45, 2.75) is 24.3 Å². The number of ether oxygens (including phenoxy) is 1. The lowest BCUT2D eigenvalue weighted by Gasteiger charge is -2.29. The molecule has 7 nitrogen and oxygen atoms in total. The second kappa shape index (κ2) is 9.47. The van der Waals surface area contributed by atoms with Crippen LogP contribution in [0.4, 0.5) is 0 Å². The molecular weight excluding hydrogens is 378 g/mol. The summed E-state index contributed by atoms with van der Waals surface area (Å²) in [5.74, 6) is -0.165. The van der Waals surface area contributed by atoms with E-state index in [-0.39, 0.29) is 29.8 Å². The molecule has 1 unspecified atom stereocenters. The first-order valence-corrected chi connectivity index (χ1v) is 11.0. The standard InChI is InChI=1S/C20H27N3O4S/c1-16(15-23-10-12-27-13-11-23)22-20(24)8-9-21-28(25,26)19-7-6-17-4-2-3-5-18(17)14-19/h2-7,14,16,21H,8-13,15H2,1H3,(H,22,24). The lowest BCUT2D eigenvalue weighted by Crippen LogP contribution is -2.46. The largest absolute Gasteiger partial charge is 0.379 e. The zero-order chi connectivity index (χ0) is 20.0. The molecule has 0 aliphatic carbocycles. The number of hydrogen-bond donors (Lipinski definition) is 2. The Balaban J connectivity index is 1.46.